The first-order valence-corrected chi connectivity index (χ1v) is 29.6. The Bertz CT molecular complexity index is 2920. The van der Waals surface area contributed by atoms with Crippen LogP contribution in [0.3, 0.4) is 0 Å². The third-order valence-electron chi connectivity index (χ3n) is 15.7. The van der Waals surface area contributed by atoms with E-state index < -0.39 is 82.2 Å². The van der Waals surface area contributed by atoms with Crippen LogP contribution in [0, 0.1) is 46.3 Å². The highest BCUT2D eigenvalue weighted by molar-refractivity contribution is 7.13. The van der Waals surface area contributed by atoms with Gasteiger partial charge >= 0.3 is 5.97 Å². The molecule has 2 heterocycles. The van der Waals surface area contributed by atoms with E-state index in [-0.39, 0.29) is 49.5 Å². The van der Waals surface area contributed by atoms with Gasteiger partial charge < -0.3 is 51.4 Å². The number of aromatic nitrogens is 1. The highest BCUT2D eigenvalue weighted by atomic mass is 35.5. The number of halogens is 1. The number of carbonyl (C=O) groups excluding carboxylic acids is 6. The van der Waals surface area contributed by atoms with Crippen LogP contribution in [0.4, 0.5) is 5.69 Å². The van der Waals surface area contributed by atoms with E-state index in [9.17, 15) is 34.0 Å². The first-order chi connectivity index (χ1) is 38.5. The molecule has 0 radical (unpaired) electrons. The van der Waals surface area contributed by atoms with Crippen molar-refractivity contribution in [2.24, 2.45) is 33.8 Å². The summed E-state index contributed by atoms with van der Waals surface area (Å²) in [4.78, 5) is 89.7. The third kappa shape index (κ3) is 15.9. The lowest BCUT2D eigenvalue weighted by molar-refractivity contribution is -0.164. The summed E-state index contributed by atoms with van der Waals surface area (Å²) in [6, 6.07) is 17.6. The Labute approximate surface area is 492 Å². The number of carbonyl (C=O) groups is 6. The van der Waals surface area contributed by atoms with Gasteiger partial charge in [0.05, 0.1) is 45.3 Å². The van der Waals surface area contributed by atoms with Crippen molar-refractivity contribution in [1.29, 1.82) is 5.26 Å². The molecule has 7 N–H and O–H groups in total. The zero-order valence-electron chi connectivity index (χ0n) is 49.7. The van der Waals surface area contributed by atoms with Gasteiger partial charge in [-0.25, -0.2) is 9.78 Å². The zero-order valence-corrected chi connectivity index (χ0v) is 51.3. The number of nitrogens with two attached hydrogens (primary N) is 1. The van der Waals surface area contributed by atoms with E-state index in [4.69, 9.17) is 31.5 Å². The van der Waals surface area contributed by atoms with E-state index in [2.05, 4.69) is 65.3 Å². The molecule has 82 heavy (non-hydrogen) atoms. The van der Waals surface area contributed by atoms with Gasteiger partial charge in [0.15, 0.2) is 0 Å². The van der Waals surface area contributed by atoms with Crippen molar-refractivity contribution in [3.8, 4) is 22.3 Å². The highest BCUT2D eigenvalue weighted by Crippen LogP contribution is 2.55. The van der Waals surface area contributed by atoms with Crippen molar-refractivity contribution in [3.05, 3.63) is 99.6 Å². The number of nitrogens with zero attached hydrogens (tertiary/aromatic N) is 3. The van der Waals surface area contributed by atoms with E-state index in [1.54, 1.807) is 61.0 Å². The molecule has 6 rings (SSSR count). The summed E-state index contributed by atoms with van der Waals surface area (Å²) in [6.45, 7) is 25.2. The van der Waals surface area contributed by atoms with E-state index in [0.29, 0.717) is 41.5 Å². The number of ether oxygens (including phenoxy) is 3. The van der Waals surface area contributed by atoms with Gasteiger partial charge in [0, 0.05) is 53.8 Å². The zero-order chi connectivity index (χ0) is 60.4. The maximum atomic E-state index is 14.8. The number of anilines is 1. The van der Waals surface area contributed by atoms with Gasteiger partial charge in [0.2, 0.25) is 23.6 Å². The first kappa shape index (κ1) is 64.6. The van der Waals surface area contributed by atoms with Crippen molar-refractivity contribution >= 4 is 64.1 Å². The van der Waals surface area contributed by atoms with Crippen LogP contribution < -0.4 is 37.1 Å². The van der Waals surface area contributed by atoms with E-state index >= 15 is 0 Å². The monoisotopic (exact) mass is 1170 g/mol. The van der Waals surface area contributed by atoms with Crippen LogP contribution in [0.2, 0.25) is 5.02 Å². The minimum Gasteiger partial charge on any atom is -0.489 e. The molecule has 2 unspecified atom stereocenters. The Morgan fingerprint density at radius 2 is 1.56 bits per heavy atom. The van der Waals surface area contributed by atoms with Crippen LogP contribution >= 0.6 is 22.9 Å². The van der Waals surface area contributed by atoms with E-state index in [1.165, 1.54) is 4.90 Å². The number of likely N-dealkylation sites (tertiary alicyclic amines) is 1. The van der Waals surface area contributed by atoms with Crippen LogP contribution in [-0.2, 0) is 33.4 Å². The summed E-state index contributed by atoms with van der Waals surface area (Å²) in [7, 11) is 0. The fourth-order valence-corrected chi connectivity index (χ4v) is 12.1. The predicted molar refractivity (Wildman–Crippen MR) is 319 cm³/mol. The average Bonchev–Trinajstić information content (AvgIpc) is 1.20. The summed E-state index contributed by atoms with van der Waals surface area (Å²) in [5.74, 6) is -2.82. The molecule has 6 atom stereocenters. The molecular weight excluding hydrogens is 1080 g/mol. The molecular formula is C62H84ClN9O9S. The number of esters is 1. The molecule has 2 aliphatic rings. The number of benzene rings is 3. The molecule has 1 aromatic heterocycles. The van der Waals surface area contributed by atoms with Crippen molar-refractivity contribution in [1.82, 2.24) is 31.2 Å². The Kier molecular flexibility index (Phi) is 21.8. The number of thiazole rings is 1. The van der Waals surface area contributed by atoms with E-state index in [1.807, 2.05) is 84.9 Å². The molecule has 5 amide bonds. The number of amides is 5. The normalized spacial score (nSPS) is 19.6. The second-order valence-electron chi connectivity index (χ2n) is 24.7. The molecule has 4 aromatic rings. The minimum atomic E-state index is -1.08. The fraction of sp³-hybridized carbons (Fsp3) is 0.548. The van der Waals surface area contributed by atoms with Gasteiger partial charge in [0.1, 0.15) is 48.8 Å². The van der Waals surface area contributed by atoms with Gasteiger partial charge in [-0.2, -0.15) is 5.26 Å². The Morgan fingerprint density at radius 1 is 0.890 bits per heavy atom. The molecule has 1 aliphatic heterocycles. The van der Waals surface area contributed by atoms with Crippen LogP contribution in [-0.4, -0.2) is 114 Å². The van der Waals surface area contributed by atoms with Crippen LogP contribution in [0.15, 0.2) is 72.2 Å². The number of unbranched alkanes of at least 4 members (excludes halogenated alkanes) is 2. The smallest absolute Gasteiger partial charge is 0.329 e. The van der Waals surface area contributed by atoms with Gasteiger partial charge in [-0.15, -0.1) is 11.3 Å². The first-order valence-electron chi connectivity index (χ1n) is 28.3. The third-order valence-corrected chi connectivity index (χ3v) is 17.0. The number of rotatable bonds is 25. The van der Waals surface area contributed by atoms with Gasteiger partial charge in [-0.3, -0.25) is 24.0 Å². The number of nitrogens with one attached hydrogen (secondary N) is 5. The van der Waals surface area contributed by atoms with Crippen molar-refractivity contribution in [3.63, 3.8) is 0 Å². The number of hydrogen-bond acceptors (Lipinski definition) is 14. The molecule has 18 nitrogen and oxygen atoms in total. The summed E-state index contributed by atoms with van der Waals surface area (Å²) in [5.41, 5.74) is 10.8. The van der Waals surface area contributed by atoms with Crippen molar-refractivity contribution < 1.29 is 43.0 Å². The summed E-state index contributed by atoms with van der Waals surface area (Å²) < 4.78 is 18.2. The second kappa shape index (κ2) is 27.7. The standard InChI is InChI=1S/C62H84ClN9O9S/c1-35(2)49(65)55(76)70-50(36(3)4)57(78)80-45-30-47(54(75)68-37(5)39-17-19-40(20-18-39)51-38(6)67-34-82-51)72(32-45)56(77)52(60(7,8)9)69-48(73)33-79-28-16-14-15-27-66-43-24-21-41(22-25-43)53(74)71-58-61(10,11)59(62(58,12)13)81-44-26-23-42(31-64)46(63)29-44/h17-26,29,34-37,45,47,49-50,52,58-59,66H,14-16,27-28,30,32-33,65H2,1-13H3,(H,68,75)(H,69,73)(H,70,76)(H,71,74)/t37-,45+,47-,49?,50?,52+,58-,59-/m0/s1. The van der Waals surface area contributed by atoms with Gasteiger partial charge in [-0.1, -0.05) is 112 Å². The van der Waals surface area contributed by atoms with Crippen LogP contribution in [0.1, 0.15) is 142 Å². The molecule has 444 valence electrons. The predicted octanol–water partition coefficient (Wildman–Crippen LogP) is 8.90. The SMILES string of the molecule is Cc1ncsc1-c1ccc([C@H](C)NC(=O)[C@@H]2C[C@@H](OC(=O)C(NC(=O)C(N)C(C)C)C(C)C)CN2C(=O)[C@@H](NC(=O)COCCCCCNc2ccc(C(=O)N[C@H]3C(C)(C)[C@H](Oc4ccc(C#N)c(Cl)c4)C3(C)C)cc2)C(C)(C)C)cc1. The average molecular weight is 1170 g/mol. The number of hydrogen-bond donors (Lipinski definition) is 6. The Morgan fingerprint density at radius 3 is 2.15 bits per heavy atom. The maximum absolute atomic E-state index is 14.8. The lowest BCUT2D eigenvalue weighted by atomic mass is 9.49. The summed E-state index contributed by atoms with van der Waals surface area (Å²) in [6.07, 6.45) is 1.16. The Balaban J connectivity index is 0.985. The molecule has 1 saturated carbocycles. The van der Waals surface area contributed by atoms with Gasteiger partial charge in [-0.05, 0) is 97.9 Å². The topological polar surface area (TPSA) is 256 Å². The van der Waals surface area contributed by atoms with E-state index in [0.717, 1.165) is 40.2 Å². The summed E-state index contributed by atoms with van der Waals surface area (Å²) >= 11 is 7.81. The molecule has 0 bridgehead atoms. The van der Waals surface area contributed by atoms with Gasteiger partial charge in [0.25, 0.3) is 5.91 Å². The molecule has 2 fully saturated rings. The molecule has 0 spiro atoms. The quantitative estimate of drug-likeness (QED) is 0.0268. The summed E-state index contributed by atoms with van der Waals surface area (Å²) in [5, 5.41) is 24.9. The Hall–Kier alpha value is -6.59. The minimum absolute atomic E-state index is 0.0183. The number of aryl methyl sites for hydroxylation is 1. The largest absolute Gasteiger partial charge is 0.489 e. The fourth-order valence-electron chi connectivity index (χ4n) is 11.0. The lowest BCUT2D eigenvalue weighted by Crippen LogP contribution is -2.74. The van der Waals surface area contributed by atoms with Crippen LogP contribution in [0.25, 0.3) is 10.4 Å². The number of nitriles is 1. The van der Waals surface area contributed by atoms with Crippen LogP contribution in [0.5, 0.6) is 5.75 Å². The van der Waals surface area contributed by atoms with Crippen molar-refractivity contribution in [2.45, 2.75) is 164 Å². The molecule has 20 heteroatoms. The van der Waals surface area contributed by atoms with Crippen molar-refractivity contribution in [2.75, 3.05) is 31.6 Å². The highest BCUT2D eigenvalue weighted by Gasteiger charge is 2.64. The maximum Gasteiger partial charge on any atom is 0.329 e. The second-order valence-corrected chi connectivity index (χ2v) is 26.0. The molecule has 3 aromatic carbocycles. The molecule has 1 saturated heterocycles. The molecule has 1 aliphatic carbocycles. The lowest BCUT2D eigenvalue weighted by Gasteiger charge is -2.63.